The van der Waals surface area contributed by atoms with Gasteiger partial charge in [-0.15, -0.1) is 0 Å². The summed E-state index contributed by atoms with van der Waals surface area (Å²) in [5.74, 6) is 1.91. The molecule has 1 atom stereocenters. The van der Waals surface area contributed by atoms with Gasteiger partial charge in [-0.25, -0.2) is 4.98 Å². The van der Waals surface area contributed by atoms with Gasteiger partial charge in [0.15, 0.2) is 0 Å². The van der Waals surface area contributed by atoms with Gasteiger partial charge >= 0.3 is 0 Å². The number of hydrogen-bond acceptors (Lipinski definition) is 4. The highest BCUT2D eigenvalue weighted by atomic mass is 35.5. The van der Waals surface area contributed by atoms with E-state index in [-0.39, 0.29) is 5.91 Å². The molecule has 3 aromatic rings. The summed E-state index contributed by atoms with van der Waals surface area (Å²) in [7, 11) is 4.30. The Balaban J connectivity index is 1.32. The van der Waals surface area contributed by atoms with E-state index < -0.39 is 0 Å². The molecule has 1 N–H and O–H groups in total. The Labute approximate surface area is 213 Å². The van der Waals surface area contributed by atoms with Crippen LogP contribution in [0.3, 0.4) is 0 Å². The summed E-state index contributed by atoms with van der Waals surface area (Å²) in [4.78, 5) is 19.6. The molecule has 0 saturated heterocycles. The van der Waals surface area contributed by atoms with Crippen LogP contribution in [-0.2, 0) is 0 Å². The molecule has 4 rings (SSSR count). The quantitative estimate of drug-likeness (QED) is 0.382. The van der Waals surface area contributed by atoms with E-state index in [1.165, 1.54) is 5.56 Å². The third-order valence-electron chi connectivity index (χ3n) is 6.91. The average Bonchev–Trinajstić information content (AvgIpc) is 2.86. The highest BCUT2D eigenvalue weighted by molar-refractivity contribution is 6.30. The summed E-state index contributed by atoms with van der Waals surface area (Å²) in [6, 6.07) is 19.9. The Bertz CT molecular complexity index is 1110. The fraction of sp³-hybridized carbons (Fsp3) is 0.379. The number of nitrogens with zero attached hydrogens (tertiary/aromatic N) is 2. The Hall–Kier alpha value is -2.89. The number of benzene rings is 2. The molecule has 1 aliphatic carbocycles. The van der Waals surface area contributed by atoms with Gasteiger partial charge in [0.2, 0.25) is 5.88 Å². The standard InChI is InChI=1S/C29H34ClN3O2/c1-20-6-16-25(17-7-20)35-29-26(5-4-18-31-29)28(34)32-19-21-8-10-22(11-9-21)27(33(2)3)23-12-14-24(30)15-13-23/h4-7,12-18,21-22,27H,8-11,19H2,1-3H3,(H,32,34). The first-order valence-electron chi connectivity index (χ1n) is 12.3. The smallest absolute Gasteiger partial charge is 0.256 e. The van der Waals surface area contributed by atoms with Crippen molar-refractivity contribution in [2.45, 2.75) is 38.6 Å². The Morgan fingerprint density at radius 3 is 2.40 bits per heavy atom. The zero-order valence-corrected chi connectivity index (χ0v) is 21.5. The van der Waals surface area contributed by atoms with Crippen LogP contribution in [0.5, 0.6) is 11.6 Å². The molecule has 0 radical (unpaired) electrons. The van der Waals surface area contributed by atoms with Gasteiger partial charge in [0.05, 0.1) is 0 Å². The van der Waals surface area contributed by atoms with E-state index in [2.05, 4.69) is 41.4 Å². The van der Waals surface area contributed by atoms with Crippen molar-refractivity contribution < 1.29 is 9.53 Å². The predicted molar refractivity (Wildman–Crippen MR) is 141 cm³/mol. The van der Waals surface area contributed by atoms with Gasteiger partial charge in [-0.1, -0.05) is 41.4 Å². The zero-order valence-electron chi connectivity index (χ0n) is 20.7. The molecule has 0 aliphatic heterocycles. The minimum atomic E-state index is -0.144. The molecule has 2 aromatic carbocycles. The average molecular weight is 492 g/mol. The maximum atomic E-state index is 13.0. The maximum absolute atomic E-state index is 13.0. The second-order valence-electron chi connectivity index (χ2n) is 9.72. The van der Waals surface area contributed by atoms with E-state index in [1.807, 2.05) is 43.3 Å². The number of pyridine rings is 1. The van der Waals surface area contributed by atoms with Crippen molar-refractivity contribution in [3.8, 4) is 11.6 Å². The summed E-state index contributed by atoms with van der Waals surface area (Å²) >= 11 is 6.10. The van der Waals surface area contributed by atoms with Crippen LogP contribution in [-0.4, -0.2) is 36.4 Å². The molecule has 1 unspecified atom stereocenters. The monoisotopic (exact) mass is 491 g/mol. The number of aryl methyl sites for hydroxylation is 1. The minimum absolute atomic E-state index is 0.144. The van der Waals surface area contributed by atoms with Crippen LogP contribution >= 0.6 is 11.6 Å². The highest BCUT2D eigenvalue weighted by Crippen LogP contribution is 2.39. The number of hydrogen-bond donors (Lipinski definition) is 1. The van der Waals surface area contributed by atoms with E-state index in [1.54, 1.807) is 18.3 Å². The molecule has 1 amide bonds. The number of ether oxygens (including phenoxy) is 1. The van der Waals surface area contributed by atoms with Crippen LogP contribution in [0, 0.1) is 18.8 Å². The van der Waals surface area contributed by atoms with Crippen molar-refractivity contribution in [2.24, 2.45) is 11.8 Å². The highest BCUT2D eigenvalue weighted by Gasteiger charge is 2.30. The number of nitrogens with one attached hydrogen (secondary N) is 1. The summed E-state index contributed by atoms with van der Waals surface area (Å²) in [6.45, 7) is 2.69. The lowest BCUT2D eigenvalue weighted by molar-refractivity contribution is 0.0931. The molecular weight excluding hydrogens is 458 g/mol. The molecular formula is C29H34ClN3O2. The van der Waals surface area contributed by atoms with E-state index in [0.29, 0.717) is 41.6 Å². The van der Waals surface area contributed by atoms with E-state index in [4.69, 9.17) is 16.3 Å². The third-order valence-corrected chi connectivity index (χ3v) is 7.16. The van der Waals surface area contributed by atoms with Crippen LogP contribution in [0.4, 0.5) is 0 Å². The van der Waals surface area contributed by atoms with Crippen LogP contribution in [0.2, 0.25) is 5.02 Å². The van der Waals surface area contributed by atoms with Gasteiger partial charge in [-0.2, -0.15) is 0 Å². The molecule has 184 valence electrons. The summed E-state index contributed by atoms with van der Waals surface area (Å²) in [5.41, 5.74) is 2.92. The molecule has 0 spiro atoms. The molecule has 6 heteroatoms. The van der Waals surface area contributed by atoms with Gasteiger partial charge in [-0.05, 0) is 100 Å². The third kappa shape index (κ3) is 6.62. The summed E-state index contributed by atoms with van der Waals surface area (Å²) in [5, 5.41) is 3.89. The van der Waals surface area contributed by atoms with E-state index >= 15 is 0 Å². The van der Waals surface area contributed by atoms with Gasteiger partial charge < -0.3 is 15.0 Å². The molecule has 1 aromatic heterocycles. The largest absolute Gasteiger partial charge is 0.438 e. The molecule has 1 heterocycles. The zero-order chi connectivity index (χ0) is 24.8. The molecule has 0 bridgehead atoms. The summed E-state index contributed by atoms with van der Waals surface area (Å²) in [6.07, 6.45) is 6.12. The van der Waals surface area contributed by atoms with Gasteiger partial charge in [0.1, 0.15) is 11.3 Å². The summed E-state index contributed by atoms with van der Waals surface area (Å²) < 4.78 is 5.90. The molecule has 5 nitrogen and oxygen atoms in total. The van der Waals surface area contributed by atoms with Crippen LogP contribution in [0.1, 0.15) is 53.2 Å². The van der Waals surface area contributed by atoms with Crippen LogP contribution in [0.25, 0.3) is 0 Å². The Morgan fingerprint density at radius 2 is 1.74 bits per heavy atom. The fourth-order valence-electron chi connectivity index (χ4n) is 5.06. The molecule has 35 heavy (non-hydrogen) atoms. The van der Waals surface area contributed by atoms with Gasteiger partial charge in [-0.3, -0.25) is 4.79 Å². The number of carbonyl (C=O) groups is 1. The molecule has 1 fully saturated rings. The SMILES string of the molecule is Cc1ccc(Oc2ncccc2C(=O)NCC2CCC(C(c3ccc(Cl)cc3)N(C)C)CC2)cc1. The van der Waals surface area contributed by atoms with E-state index in [0.717, 1.165) is 36.3 Å². The second-order valence-corrected chi connectivity index (χ2v) is 10.2. The normalized spacial score (nSPS) is 18.8. The lowest BCUT2D eigenvalue weighted by atomic mass is 9.76. The number of carbonyl (C=O) groups excluding carboxylic acids is 1. The van der Waals surface area contributed by atoms with Crippen molar-refractivity contribution in [3.63, 3.8) is 0 Å². The van der Waals surface area contributed by atoms with Crippen molar-refractivity contribution >= 4 is 17.5 Å². The Kier molecular flexibility index (Phi) is 8.42. The van der Waals surface area contributed by atoms with Crippen molar-refractivity contribution in [1.29, 1.82) is 0 Å². The number of amides is 1. The topological polar surface area (TPSA) is 54.5 Å². The number of rotatable bonds is 8. The Morgan fingerprint density at radius 1 is 1.06 bits per heavy atom. The maximum Gasteiger partial charge on any atom is 0.256 e. The van der Waals surface area contributed by atoms with Gasteiger partial charge in [0, 0.05) is 23.8 Å². The molecule has 1 saturated carbocycles. The predicted octanol–water partition coefficient (Wildman–Crippen LogP) is 6.67. The van der Waals surface area contributed by atoms with E-state index in [9.17, 15) is 4.79 Å². The first-order chi connectivity index (χ1) is 16.9. The lowest BCUT2D eigenvalue weighted by Crippen LogP contribution is -2.34. The fourth-order valence-corrected chi connectivity index (χ4v) is 5.18. The lowest BCUT2D eigenvalue weighted by Gasteiger charge is -2.37. The van der Waals surface area contributed by atoms with Crippen molar-refractivity contribution in [1.82, 2.24) is 15.2 Å². The van der Waals surface area contributed by atoms with Crippen LogP contribution in [0.15, 0.2) is 66.9 Å². The minimum Gasteiger partial charge on any atom is -0.438 e. The van der Waals surface area contributed by atoms with Crippen molar-refractivity contribution in [3.05, 3.63) is 88.6 Å². The first kappa shape index (κ1) is 25.2. The number of aromatic nitrogens is 1. The second kappa shape index (κ2) is 11.7. The van der Waals surface area contributed by atoms with Crippen molar-refractivity contribution in [2.75, 3.05) is 20.6 Å². The van der Waals surface area contributed by atoms with Gasteiger partial charge in [0.25, 0.3) is 5.91 Å². The first-order valence-corrected chi connectivity index (χ1v) is 12.7. The molecule has 1 aliphatic rings. The van der Waals surface area contributed by atoms with Crippen LogP contribution < -0.4 is 10.1 Å². The number of halogens is 1.